The highest BCUT2D eigenvalue weighted by atomic mass is 32.2. The molecule has 19 heavy (non-hydrogen) atoms. The standard InChI is InChI=1S/C13H18N2O3S/c1-9-8-10(5-6-11(9)14)15-13(16)12-4-2-3-7-19(12,17)18/h5-6,8,12H,2-4,7,14H2,1H3,(H,15,16). The molecule has 2 rings (SSSR count). The quantitative estimate of drug-likeness (QED) is 0.804. The van der Waals surface area contributed by atoms with Gasteiger partial charge in [-0.2, -0.15) is 0 Å². The summed E-state index contributed by atoms with van der Waals surface area (Å²) in [5, 5.41) is 1.74. The first-order chi connectivity index (χ1) is 8.90. The van der Waals surface area contributed by atoms with E-state index in [0.29, 0.717) is 24.2 Å². The van der Waals surface area contributed by atoms with Crippen LogP contribution in [-0.2, 0) is 14.6 Å². The highest BCUT2D eigenvalue weighted by molar-refractivity contribution is 7.92. The Kier molecular flexibility index (Phi) is 3.80. The van der Waals surface area contributed by atoms with Crippen molar-refractivity contribution < 1.29 is 13.2 Å². The SMILES string of the molecule is Cc1cc(NC(=O)C2CCCCS2(=O)=O)ccc1N. The van der Waals surface area contributed by atoms with Crippen LogP contribution in [0, 0.1) is 6.92 Å². The summed E-state index contributed by atoms with van der Waals surface area (Å²) in [5.74, 6) is -0.338. The third-order valence-corrected chi connectivity index (χ3v) is 5.58. The van der Waals surface area contributed by atoms with Gasteiger partial charge in [0.05, 0.1) is 5.75 Å². The monoisotopic (exact) mass is 282 g/mol. The van der Waals surface area contributed by atoms with Crippen LogP contribution >= 0.6 is 0 Å². The van der Waals surface area contributed by atoms with Crippen LogP contribution in [0.2, 0.25) is 0 Å². The van der Waals surface area contributed by atoms with Gasteiger partial charge in [0.1, 0.15) is 5.25 Å². The lowest BCUT2D eigenvalue weighted by molar-refractivity contribution is -0.116. The number of nitrogens with one attached hydrogen (secondary N) is 1. The predicted octanol–water partition coefficient (Wildman–Crippen LogP) is 1.48. The summed E-state index contributed by atoms with van der Waals surface area (Å²) < 4.78 is 23.7. The first-order valence-electron chi connectivity index (χ1n) is 6.29. The zero-order valence-corrected chi connectivity index (χ0v) is 11.7. The van der Waals surface area contributed by atoms with Crippen molar-refractivity contribution in [3.8, 4) is 0 Å². The van der Waals surface area contributed by atoms with Crippen molar-refractivity contribution in [3.05, 3.63) is 23.8 Å². The number of hydrogen-bond acceptors (Lipinski definition) is 4. The van der Waals surface area contributed by atoms with Crippen LogP contribution in [0.3, 0.4) is 0 Å². The maximum Gasteiger partial charge on any atom is 0.242 e. The van der Waals surface area contributed by atoms with E-state index in [9.17, 15) is 13.2 Å². The van der Waals surface area contributed by atoms with Crippen LogP contribution in [0.15, 0.2) is 18.2 Å². The molecule has 1 atom stereocenters. The Labute approximate surface area is 113 Å². The van der Waals surface area contributed by atoms with E-state index in [4.69, 9.17) is 5.73 Å². The maximum absolute atomic E-state index is 12.1. The van der Waals surface area contributed by atoms with Crippen molar-refractivity contribution in [3.63, 3.8) is 0 Å². The molecule has 104 valence electrons. The zero-order valence-electron chi connectivity index (χ0n) is 10.8. The van der Waals surface area contributed by atoms with Gasteiger partial charge in [-0.25, -0.2) is 8.42 Å². The van der Waals surface area contributed by atoms with E-state index in [0.717, 1.165) is 12.0 Å². The van der Waals surface area contributed by atoms with E-state index in [-0.39, 0.29) is 5.75 Å². The Morgan fingerprint density at radius 3 is 2.74 bits per heavy atom. The number of nitrogens with two attached hydrogens (primary N) is 1. The van der Waals surface area contributed by atoms with Gasteiger partial charge in [0, 0.05) is 11.4 Å². The Morgan fingerprint density at radius 2 is 2.11 bits per heavy atom. The molecule has 0 aromatic heterocycles. The molecule has 0 radical (unpaired) electrons. The first-order valence-corrected chi connectivity index (χ1v) is 8.00. The summed E-state index contributed by atoms with van der Waals surface area (Å²) in [7, 11) is -3.30. The highest BCUT2D eigenvalue weighted by Crippen LogP contribution is 2.22. The van der Waals surface area contributed by atoms with E-state index in [2.05, 4.69) is 5.32 Å². The van der Waals surface area contributed by atoms with Gasteiger partial charge in [-0.05, 0) is 43.5 Å². The molecule has 1 aliphatic rings. The minimum Gasteiger partial charge on any atom is -0.399 e. The molecule has 3 N–H and O–H groups in total. The van der Waals surface area contributed by atoms with Gasteiger partial charge in [0.25, 0.3) is 0 Å². The van der Waals surface area contributed by atoms with Gasteiger partial charge in [-0.3, -0.25) is 4.79 Å². The molecular formula is C13H18N2O3S. The molecule has 1 aliphatic heterocycles. The van der Waals surface area contributed by atoms with E-state index >= 15 is 0 Å². The lowest BCUT2D eigenvalue weighted by Crippen LogP contribution is -2.39. The Bertz CT molecular complexity index is 596. The second-order valence-electron chi connectivity index (χ2n) is 4.91. The molecule has 1 aromatic carbocycles. The molecule has 1 amide bonds. The molecule has 0 aliphatic carbocycles. The third-order valence-electron chi connectivity index (χ3n) is 3.41. The van der Waals surface area contributed by atoms with Crippen molar-refractivity contribution in [1.29, 1.82) is 0 Å². The average Bonchev–Trinajstić information content (AvgIpc) is 2.33. The van der Waals surface area contributed by atoms with Crippen LogP contribution in [0.25, 0.3) is 0 Å². The van der Waals surface area contributed by atoms with Crippen molar-refractivity contribution >= 4 is 27.1 Å². The summed E-state index contributed by atoms with van der Waals surface area (Å²) in [6.07, 6.45) is 1.83. The number of nitrogen functional groups attached to an aromatic ring is 1. The topological polar surface area (TPSA) is 89.3 Å². The molecule has 1 saturated heterocycles. The van der Waals surface area contributed by atoms with E-state index < -0.39 is 21.0 Å². The molecule has 0 bridgehead atoms. The molecule has 0 spiro atoms. The molecular weight excluding hydrogens is 264 g/mol. The Hall–Kier alpha value is -1.56. The third kappa shape index (κ3) is 3.07. The van der Waals surface area contributed by atoms with Crippen LogP contribution in [0.1, 0.15) is 24.8 Å². The smallest absolute Gasteiger partial charge is 0.242 e. The number of sulfone groups is 1. The minimum atomic E-state index is -3.30. The molecule has 1 aromatic rings. The second kappa shape index (κ2) is 5.21. The first kappa shape index (κ1) is 13.9. The number of anilines is 2. The van der Waals surface area contributed by atoms with E-state index in [1.807, 2.05) is 6.92 Å². The number of carbonyl (C=O) groups excluding carboxylic acids is 1. The normalized spacial score (nSPS) is 21.8. The number of rotatable bonds is 2. The lowest BCUT2D eigenvalue weighted by atomic mass is 10.1. The zero-order chi connectivity index (χ0) is 14.0. The minimum absolute atomic E-state index is 0.103. The van der Waals surface area contributed by atoms with Crippen LogP contribution < -0.4 is 11.1 Å². The summed E-state index contributed by atoms with van der Waals surface area (Å²) in [6, 6.07) is 5.11. The number of benzene rings is 1. The van der Waals surface area contributed by atoms with Gasteiger partial charge in [0.2, 0.25) is 5.91 Å². The number of amides is 1. The average molecular weight is 282 g/mol. The molecule has 1 unspecified atom stereocenters. The van der Waals surface area contributed by atoms with Crippen molar-refractivity contribution in [2.45, 2.75) is 31.4 Å². The van der Waals surface area contributed by atoms with Gasteiger partial charge in [-0.15, -0.1) is 0 Å². The van der Waals surface area contributed by atoms with Gasteiger partial charge in [0.15, 0.2) is 9.84 Å². The number of carbonyl (C=O) groups is 1. The van der Waals surface area contributed by atoms with Crippen LogP contribution in [0.5, 0.6) is 0 Å². The fourth-order valence-corrected chi connectivity index (χ4v) is 4.03. The van der Waals surface area contributed by atoms with Crippen molar-refractivity contribution in [2.24, 2.45) is 0 Å². The number of aryl methyl sites for hydroxylation is 1. The second-order valence-corrected chi connectivity index (χ2v) is 7.22. The van der Waals surface area contributed by atoms with E-state index in [1.54, 1.807) is 18.2 Å². The highest BCUT2D eigenvalue weighted by Gasteiger charge is 2.34. The van der Waals surface area contributed by atoms with Gasteiger partial charge in [-0.1, -0.05) is 6.42 Å². The van der Waals surface area contributed by atoms with Crippen LogP contribution in [0.4, 0.5) is 11.4 Å². The van der Waals surface area contributed by atoms with Gasteiger partial charge >= 0.3 is 0 Å². The lowest BCUT2D eigenvalue weighted by Gasteiger charge is -2.21. The largest absolute Gasteiger partial charge is 0.399 e. The fraction of sp³-hybridized carbons (Fsp3) is 0.462. The molecule has 1 heterocycles. The number of hydrogen-bond donors (Lipinski definition) is 2. The van der Waals surface area contributed by atoms with Crippen LogP contribution in [-0.4, -0.2) is 25.3 Å². The van der Waals surface area contributed by atoms with Crippen molar-refractivity contribution in [2.75, 3.05) is 16.8 Å². The Balaban J connectivity index is 2.14. The molecule has 1 fully saturated rings. The summed E-state index contributed by atoms with van der Waals surface area (Å²) in [5.41, 5.74) is 7.77. The van der Waals surface area contributed by atoms with Gasteiger partial charge < -0.3 is 11.1 Å². The van der Waals surface area contributed by atoms with E-state index in [1.165, 1.54) is 0 Å². The molecule has 5 nitrogen and oxygen atoms in total. The predicted molar refractivity (Wildman–Crippen MR) is 75.6 cm³/mol. The fourth-order valence-electron chi connectivity index (χ4n) is 2.23. The maximum atomic E-state index is 12.1. The summed E-state index contributed by atoms with van der Waals surface area (Å²) >= 11 is 0. The Morgan fingerprint density at radius 1 is 1.37 bits per heavy atom. The molecule has 0 saturated carbocycles. The summed E-state index contributed by atoms with van der Waals surface area (Å²) in [6.45, 7) is 1.84. The van der Waals surface area contributed by atoms with Crippen molar-refractivity contribution in [1.82, 2.24) is 0 Å². The molecule has 6 heteroatoms. The summed E-state index contributed by atoms with van der Waals surface area (Å²) in [4.78, 5) is 12.1.